The smallest absolute Gasteiger partial charge is 0.147 e. The van der Waals surface area contributed by atoms with E-state index in [1.165, 1.54) is 0 Å². The van der Waals surface area contributed by atoms with Gasteiger partial charge in [-0.1, -0.05) is 13.8 Å². The lowest BCUT2D eigenvalue weighted by Crippen LogP contribution is -2.35. The SMILES string of the molecule is CCNc1cncc(NCC(C)(O)CC(C)C)n1. The van der Waals surface area contributed by atoms with Gasteiger partial charge in [0.15, 0.2) is 0 Å². The van der Waals surface area contributed by atoms with Gasteiger partial charge in [-0.15, -0.1) is 0 Å². The summed E-state index contributed by atoms with van der Waals surface area (Å²) in [7, 11) is 0. The monoisotopic (exact) mass is 252 g/mol. The third-order valence-corrected chi connectivity index (χ3v) is 2.49. The number of anilines is 2. The summed E-state index contributed by atoms with van der Waals surface area (Å²) in [6.07, 6.45) is 4.09. The highest BCUT2D eigenvalue weighted by Crippen LogP contribution is 2.17. The standard InChI is InChI=1S/C13H24N4O/c1-5-15-11-7-14-8-12(17-11)16-9-13(4,18)6-10(2)3/h7-8,10,18H,5-6,9H2,1-4H3,(H2,15,16,17). The molecule has 18 heavy (non-hydrogen) atoms. The van der Waals surface area contributed by atoms with E-state index in [9.17, 15) is 5.11 Å². The normalized spacial score (nSPS) is 14.3. The number of rotatable bonds is 7. The Morgan fingerprint density at radius 2 is 1.89 bits per heavy atom. The predicted octanol–water partition coefficient (Wildman–Crippen LogP) is 2.12. The van der Waals surface area contributed by atoms with Gasteiger partial charge in [0, 0.05) is 13.1 Å². The Balaban J connectivity index is 2.54. The zero-order valence-corrected chi connectivity index (χ0v) is 11.7. The lowest BCUT2D eigenvalue weighted by Gasteiger charge is -2.25. The topological polar surface area (TPSA) is 70.1 Å². The first-order valence-electron chi connectivity index (χ1n) is 6.45. The number of hydrogen-bond donors (Lipinski definition) is 3. The van der Waals surface area contributed by atoms with Gasteiger partial charge in [0.2, 0.25) is 0 Å². The van der Waals surface area contributed by atoms with Crippen LogP contribution < -0.4 is 10.6 Å². The Kier molecular flexibility index (Phi) is 5.34. The molecule has 1 heterocycles. The fourth-order valence-electron chi connectivity index (χ4n) is 1.95. The molecule has 1 atom stereocenters. The van der Waals surface area contributed by atoms with Crippen LogP contribution in [-0.4, -0.2) is 33.8 Å². The number of hydrogen-bond acceptors (Lipinski definition) is 5. The van der Waals surface area contributed by atoms with E-state index in [2.05, 4.69) is 34.4 Å². The van der Waals surface area contributed by atoms with Gasteiger partial charge in [0.05, 0.1) is 18.0 Å². The van der Waals surface area contributed by atoms with Gasteiger partial charge in [-0.25, -0.2) is 4.98 Å². The molecule has 0 spiro atoms. The molecule has 3 N–H and O–H groups in total. The summed E-state index contributed by atoms with van der Waals surface area (Å²) in [6.45, 7) is 9.32. The minimum Gasteiger partial charge on any atom is -0.388 e. The maximum absolute atomic E-state index is 10.2. The molecule has 0 aliphatic rings. The van der Waals surface area contributed by atoms with E-state index in [1.807, 2.05) is 13.8 Å². The minimum atomic E-state index is -0.732. The molecule has 0 saturated carbocycles. The molecule has 1 aromatic rings. The molecular formula is C13H24N4O. The fourth-order valence-corrected chi connectivity index (χ4v) is 1.95. The first-order valence-corrected chi connectivity index (χ1v) is 6.45. The maximum Gasteiger partial charge on any atom is 0.147 e. The average Bonchev–Trinajstić information content (AvgIpc) is 2.26. The quantitative estimate of drug-likeness (QED) is 0.693. The van der Waals surface area contributed by atoms with E-state index in [4.69, 9.17) is 0 Å². The molecule has 5 nitrogen and oxygen atoms in total. The minimum absolute atomic E-state index is 0.459. The highest BCUT2D eigenvalue weighted by atomic mass is 16.3. The van der Waals surface area contributed by atoms with E-state index in [-0.39, 0.29) is 0 Å². The Morgan fingerprint density at radius 1 is 1.28 bits per heavy atom. The van der Waals surface area contributed by atoms with Gasteiger partial charge in [-0.05, 0) is 26.2 Å². The van der Waals surface area contributed by atoms with Crippen molar-refractivity contribution >= 4 is 11.6 Å². The van der Waals surface area contributed by atoms with Crippen molar-refractivity contribution in [2.45, 2.75) is 39.7 Å². The largest absolute Gasteiger partial charge is 0.388 e. The van der Waals surface area contributed by atoms with Crippen LogP contribution in [-0.2, 0) is 0 Å². The number of aromatic nitrogens is 2. The van der Waals surface area contributed by atoms with Gasteiger partial charge in [-0.2, -0.15) is 0 Å². The van der Waals surface area contributed by atoms with Gasteiger partial charge in [0.25, 0.3) is 0 Å². The summed E-state index contributed by atoms with van der Waals surface area (Å²) in [5.41, 5.74) is -0.732. The Morgan fingerprint density at radius 3 is 2.44 bits per heavy atom. The van der Waals surface area contributed by atoms with Crippen molar-refractivity contribution < 1.29 is 5.11 Å². The molecule has 0 bridgehead atoms. The maximum atomic E-state index is 10.2. The Labute approximate surface area is 109 Å². The second-order valence-electron chi connectivity index (χ2n) is 5.27. The molecule has 0 aliphatic heterocycles. The molecule has 1 aromatic heterocycles. The van der Waals surface area contributed by atoms with Crippen molar-refractivity contribution in [2.24, 2.45) is 5.92 Å². The van der Waals surface area contributed by atoms with Gasteiger partial charge in [-0.3, -0.25) is 4.98 Å². The van der Waals surface area contributed by atoms with Crippen LogP contribution in [0.3, 0.4) is 0 Å². The predicted molar refractivity (Wildman–Crippen MR) is 74.8 cm³/mol. The molecule has 5 heteroatoms. The van der Waals surface area contributed by atoms with Crippen LogP contribution in [0.15, 0.2) is 12.4 Å². The third-order valence-electron chi connectivity index (χ3n) is 2.49. The van der Waals surface area contributed by atoms with Crippen LogP contribution in [0.4, 0.5) is 11.6 Å². The second-order valence-corrected chi connectivity index (χ2v) is 5.27. The van der Waals surface area contributed by atoms with Gasteiger partial charge >= 0.3 is 0 Å². The highest BCUT2D eigenvalue weighted by Gasteiger charge is 2.21. The lowest BCUT2D eigenvalue weighted by molar-refractivity contribution is 0.0515. The van der Waals surface area contributed by atoms with Crippen molar-refractivity contribution in [3.05, 3.63) is 12.4 Å². The Hall–Kier alpha value is -1.36. The van der Waals surface area contributed by atoms with E-state index in [0.717, 1.165) is 18.8 Å². The van der Waals surface area contributed by atoms with Gasteiger partial charge < -0.3 is 15.7 Å². The zero-order valence-electron chi connectivity index (χ0n) is 11.7. The molecule has 102 valence electrons. The van der Waals surface area contributed by atoms with Crippen molar-refractivity contribution in [3.63, 3.8) is 0 Å². The van der Waals surface area contributed by atoms with E-state index in [1.54, 1.807) is 12.4 Å². The van der Waals surface area contributed by atoms with Crippen LogP contribution in [0.1, 0.15) is 34.1 Å². The van der Waals surface area contributed by atoms with Crippen LogP contribution in [0.5, 0.6) is 0 Å². The van der Waals surface area contributed by atoms with Crippen molar-refractivity contribution in [2.75, 3.05) is 23.7 Å². The molecule has 1 rings (SSSR count). The summed E-state index contributed by atoms with van der Waals surface area (Å²) in [6, 6.07) is 0. The van der Waals surface area contributed by atoms with E-state index >= 15 is 0 Å². The first-order chi connectivity index (χ1) is 8.43. The molecule has 0 fully saturated rings. The summed E-state index contributed by atoms with van der Waals surface area (Å²) in [4.78, 5) is 8.44. The van der Waals surface area contributed by atoms with Crippen molar-refractivity contribution in [1.29, 1.82) is 0 Å². The highest BCUT2D eigenvalue weighted by molar-refractivity contribution is 5.41. The van der Waals surface area contributed by atoms with Gasteiger partial charge in [0.1, 0.15) is 11.6 Å². The molecule has 0 aromatic carbocycles. The number of nitrogens with zero attached hydrogens (tertiary/aromatic N) is 2. The van der Waals surface area contributed by atoms with Crippen LogP contribution >= 0.6 is 0 Å². The summed E-state index contributed by atoms with van der Waals surface area (Å²) in [5, 5.41) is 16.4. The summed E-state index contributed by atoms with van der Waals surface area (Å²) >= 11 is 0. The molecular weight excluding hydrogens is 228 g/mol. The second kappa shape index (κ2) is 6.54. The Bertz CT molecular complexity index is 366. The molecule has 0 radical (unpaired) electrons. The third kappa shape index (κ3) is 5.31. The van der Waals surface area contributed by atoms with E-state index < -0.39 is 5.60 Å². The molecule has 0 saturated heterocycles. The summed E-state index contributed by atoms with van der Waals surface area (Å²) < 4.78 is 0. The summed E-state index contributed by atoms with van der Waals surface area (Å²) in [5.74, 6) is 1.88. The zero-order chi connectivity index (χ0) is 13.6. The first kappa shape index (κ1) is 14.7. The fraction of sp³-hybridized carbons (Fsp3) is 0.692. The van der Waals surface area contributed by atoms with E-state index in [0.29, 0.717) is 18.3 Å². The average molecular weight is 252 g/mol. The van der Waals surface area contributed by atoms with Crippen LogP contribution in [0, 0.1) is 5.92 Å². The lowest BCUT2D eigenvalue weighted by atomic mass is 9.94. The van der Waals surface area contributed by atoms with Crippen LogP contribution in [0.25, 0.3) is 0 Å². The molecule has 0 aliphatic carbocycles. The molecule has 0 amide bonds. The molecule has 1 unspecified atom stereocenters. The van der Waals surface area contributed by atoms with Crippen molar-refractivity contribution in [1.82, 2.24) is 9.97 Å². The number of nitrogens with one attached hydrogen (secondary N) is 2. The number of aliphatic hydroxyl groups is 1. The van der Waals surface area contributed by atoms with Crippen LogP contribution in [0.2, 0.25) is 0 Å². The van der Waals surface area contributed by atoms with Crippen molar-refractivity contribution in [3.8, 4) is 0 Å².